The number of esters is 1. The van der Waals surface area contributed by atoms with E-state index in [4.69, 9.17) is 24.9 Å². The summed E-state index contributed by atoms with van der Waals surface area (Å²) in [5, 5.41) is 3.34. The van der Waals surface area contributed by atoms with Crippen LogP contribution in [0.5, 0.6) is 5.75 Å². The minimum Gasteiger partial charge on any atom is -0.495 e. The van der Waals surface area contributed by atoms with Gasteiger partial charge >= 0.3 is 12.1 Å². The van der Waals surface area contributed by atoms with Gasteiger partial charge in [-0.1, -0.05) is 38.7 Å². The van der Waals surface area contributed by atoms with E-state index >= 15 is 0 Å². The van der Waals surface area contributed by atoms with E-state index in [0.29, 0.717) is 52.9 Å². The second kappa shape index (κ2) is 18.2. The first-order valence-electron chi connectivity index (χ1n) is 16.5. The first-order valence-corrected chi connectivity index (χ1v) is 16.5. The summed E-state index contributed by atoms with van der Waals surface area (Å²) < 4.78 is 17.8. The van der Waals surface area contributed by atoms with E-state index in [1.165, 1.54) is 11.3 Å². The quantitative estimate of drug-likeness (QED) is 0.0589. The number of anilines is 2. The van der Waals surface area contributed by atoms with Crippen LogP contribution in [0.4, 0.5) is 16.3 Å². The Morgan fingerprint density at radius 1 is 0.980 bits per heavy atom. The van der Waals surface area contributed by atoms with Crippen LogP contribution in [0.15, 0.2) is 65.8 Å². The lowest BCUT2D eigenvalue weighted by atomic mass is 10.1. The molecule has 2 amide bonds. The molecule has 13 nitrogen and oxygen atoms in total. The zero-order valence-electron chi connectivity index (χ0n) is 28.6. The third-order valence-corrected chi connectivity index (χ3v) is 7.86. The topological polar surface area (TPSA) is 163 Å². The number of carbonyl (C=O) groups is 3. The molecular formula is C36H45N7O6. The molecule has 260 valence electrons. The third-order valence-electron chi connectivity index (χ3n) is 7.86. The van der Waals surface area contributed by atoms with Gasteiger partial charge < -0.3 is 29.8 Å². The minimum atomic E-state index is -0.720. The summed E-state index contributed by atoms with van der Waals surface area (Å²) in [5.41, 5.74) is 9.19. The summed E-state index contributed by atoms with van der Waals surface area (Å²) in [6, 6.07) is 15.8. The number of hydrogen-bond donors (Lipinski definition) is 2. The number of amides is 2. The zero-order chi connectivity index (χ0) is 35.2. The summed E-state index contributed by atoms with van der Waals surface area (Å²) in [5.74, 6) is 0.989. The number of pyridine rings is 1. The monoisotopic (exact) mass is 671 g/mol. The van der Waals surface area contributed by atoms with Gasteiger partial charge in [0.1, 0.15) is 23.2 Å². The van der Waals surface area contributed by atoms with Crippen molar-refractivity contribution in [2.75, 3.05) is 37.1 Å². The lowest BCUT2D eigenvalue weighted by molar-refractivity contribution is -0.142. The number of aromatic nitrogens is 3. The normalized spacial score (nSPS) is 11.3. The molecule has 0 atom stereocenters. The molecule has 0 saturated carbocycles. The van der Waals surface area contributed by atoms with Crippen molar-refractivity contribution in [1.29, 1.82) is 0 Å². The van der Waals surface area contributed by atoms with Crippen molar-refractivity contribution in [2.45, 2.75) is 58.9 Å². The molecule has 0 saturated heterocycles. The molecule has 4 rings (SSSR count). The molecule has 2 heterocycles. The van der Waals surface area contributed by atoms with Crippen LogP contribution in [0.1, 0.15) is 74.1 Å². The second-order valence-corrected chi connectivity index (χ2v) is 11.3. The number of rotatable bonds is 17. The summed E-state index contributed by atoms with van der Waals surface area (Å²) in [4.78, 5) is 52.4. The van der Waals surface area contributed by atoms with E-state index in [9.17, 15) is 14.4 Å². The number of aliphatic imine (C=N–C) groups is 1. The number of unbranched alkanes of at least 4 members (excludes halogenated alkanes) is 4. The number of amidine groups is 1. The number of imidazole rings is 1. The fourth-order valence-electron chi connectivity index (χ4n) is 5.20. The van der Waals surface area contributed by atoms with Crippen molar-refractivity contribution in [2.24, 2.45) is 17.8 Å². The third kappa shape index (κ3) is 10.0. The number of nitrogens with one attached hydrogen (secondary N) is 1. The molecule has 0 bridgehead atoms. The molecule has 0 aliphatic heterocycles. The molecule has 0 aliphatic carbocycles. The predicted molar refractivity (Wildman–Crippen MR) is 189 cm³/mol. The van der Waals surface area contributed by atoms with Gasteiger partial charge in [0, 0.05) is 30.9 Å². The number of nitrogens with two attached hydrogens (primary N) is 1. The van der Waals surface area contributed by atoms with Crippen molar-refractivity contribution in [1.82, 2.24) is 14.5 Å². The average Bonchev–Trinajstić information content (AvgIpc) is 3.43. The minimum absolute atomic E-state index is 0.0315. The fraction of sp³-hybridized carbons (Fsp3) is 0.389. The highest BCUT2D eigenvalue weighted by atomic mass is 16.5. The standard InChI is InChI=1S/C36H45N7O6/c1-5-7-8-9-12-21-49-36(46)41-34(37)25-14-16-27(30(23-25)47-4)39-24-32-40-28-22-26(15-17-29(28)42(32)3)35(45)43(20-18-33(44)48-6-2)31-13-10-11-19-38-31/h10-11,13-17,19,22-23,39H,5-9,12,18,20-21,24H2,1-4H3,(H2,37,41,46). The van der Waals surface area contributed by atoms with Gasteiger partial charge in [0.2, 0.25) is 0 Å². The number of carbonyl (C=O) groups excluding carboxylic acids is 3. The van der Waals surface area contributed by atoms with Gasteiger partial charge in [-0.25, -0.2) is 14.8 Å². The Balaban J connectivity index is 1.44. The molecule has 2 aromatic carbocycles. The van der Waals surface area contributed by atoms with Crippen LogP contribution in [-0.2, 0) is 27.9 Å². The highest BCUT2D eigenvalue weighted by Gasteiger charge is 2.22. The molecule has 49 heavy (non-hydrogen) atoms. The molecule has 0 unspecified atom stereocenters. The Hall–Kier alpha value is -5.46. The highest BCUT2D eigenvalue weighted by molar-refractivity contribution is 6.07. The number of aryl methyl sites for hydroxylation is 1. The van der Waals surface area contributed by atoms with Crippen LogP contribution >= 0.6 is 0 Å². The Morgan fingerprint density at radius 2 is 1.78 bits per heavy atom. The van der Waals surface area contributed by atoms with E-state index in [2.05, 4.69) is 22.2 Å². The lowest BCUT2D eigenvalue weighted by Crippen LogP contribution is -2.34. The van der Waals surface area contributed by atoms with Crippen molar-refractivity contribution in [3.8, 4) is 5.75 Å². The summed E-state index contributed by atoms with van der Waals surface area (Å²) in [6.45, 7) is 4.93. The zero-order valence-corrected chi connectivity index (χ0v) is 28.6. The van der Waals surface area contributed by atoms with Crippen molar-refractivity contribution < 1.29 is 28.6 Å². The van der Waals surface area contributed by atoms with Crippen LogP contribution < -0.4 is 20.7 Å². The van der Waals surface area contributed by atoms with Crippen molar-refractivity contribution in [3.05, 3.63) is 77.7 Å². The van der Waals surface area contributed by atoms with E-state index in [1.807, 2.05) is 17.7 Å². The number of nitrogens with zero attached hydrogens (tertiary/aromatic N) is 5. The van der Waals surface area contributed by atoms with Gasteiger partial charge in [-0.3, -0.25) is 14.5 Å². The summed E-state index contributed by atoms with van der Waals surface area (Å²) in [6.07, 6.45) is 6.15. The van der Waals surface area contributed by atoms with Crippen LogP contribution in [-0.4, -0.2) is 65.2 Å². The van der Waals surface area contributed by atoms with Gasteiger partial charge in [-0.15, -0.1) is 0 Å². The number of ether oxygens (including phenoxy) is 3. The predicted octanol–water partition coefficient (Wildman–Crippen LogP) is 6.00. The van der Waals surface area contributed by atoms with Gasteiger partial charge in [0.05, 0.1) is 50.0 Å². The van der Waals surface area contributed by atoms with Crippen LogP contribution in [0, 0.1) is 0 Å². The molecule has 13 heteroatoms. The number of fused-ring (bicyclic) bond motifs is 1. The maximum absolute atomic E-state index is 13.7. The maximum Gasteiger partial charge on any atom is 0.435 e. The second-order valence-electron chi connectivity index (χ2n) is 11.3. The molecule has 0 aliphatic rings. The summed E-state index contributed by atoms with van der Waals surface area (Å²) in [7, 11) is 3.44. The number of benzene rings is 2. The van der Waals surface area contributed by atoms with Crippen molar-refractivity contribution in [3.63, 3.8) is 0 Å². The Bertz CT molecular complexity index is 1760. The Kier molecular flexibility index (Phi) is 13.5. The van der Waals surface area contributed by atoms with E-state index < -0.39 is 6.09 Å². The molecule has 0 radical (unpaired) electrons. The lowest BCUT2D eigenvalue weighted by Gasteiger charge is -2.21. The first-order chi connectivity index (χ1) is 23.7. The van der Waals surface area contributed by atoms with Crippen LogP contribution in [0.2, 0.25) is 0 Å². The maximum atomic E-state index is 13.7. The molecule has 4 aromatic rings. The van der Waals surface area contributed by atoms with Crippen molar-refractivity contribution >= 4 is 46.3 Å². The largest absolute Gasteiger partial charge is 0.495 e. The van der Waals surface area contributed by atoms with Gasteiger partial charge in [0.25, 0.3) is 5.91 Å². The highest BCUT2D eigenvalue weighted by Crippen LogP contribution is 2.27. The molecule has 0 fully saturated rings. The van der Waals surface area contributed by atoms with Gasteiger partial charge in [-0.2, -0.15) is 4.99 Å². The van der Waals surface area contributed by atoms with E-state index in [1.54, 1.807) is 68.8 Å². The Labute approximate surface area is 286 Å². The number of methoxy groups -OCH3 is 1. The van der Waals surface area contributed by atoms with Crippen LogP contribution in [0.3, 0.4) is 0 Å². The van der Waals surface area contributed by atoms with E-state index in [0.717, 1.165) is 31.2 Å². The Morgan fingerprint density at radius 3 is 2.51 bits per heavy atom. The fourth-order valence-corrected chi connectivity index (χ4v) is 5.20. The molecular weight excluding hydrogens is 626 g/mol. The molecule has 3 N–H and O–H groups in total. The van der Waals surface area contributed by atoms with Gasteiger partial charge in [-0.05, 0) is 61.9 Å². The molecule has 2 aromatic heterocycles. The average molecular weight is 672 g/mol. The first kappa shape index (κ1) is 36.4. The molecule has 0 spiro atoms. The van der Waals surface area contributed by atoms with Crippen LogP contribution in [0.25, 0.3) is 11.0 Å². The van der Waals surface area contributed by atoms with E-state index in [-0.39, 0.29) is 37.3 Å². The SMILES string of the molecule is CCCCCCCOC(=O)N=C(N)c1ccc(NCc2nc3cc(C(=O)N(CCC(=O)OCC)c4ccccn4)ccc3n2C)c(OC)c1. The smallest absolute Gasteiger partial charge is 0.435 e. The number of hydrogen-bond acceptors (Lipinski definition) is 9. The van der Waals surface area contributed by atoms with Gasteiger partial charge in [0.15, 0.2) is 0 Å². The summed E-state index contributed by atoms with van der Waals surface area (Å²) >= 11 is 0.